The van der Waals surface area contributed by atoms with Gasteiger partial charge in [-0.15, -0.1) is 11.6 Å². The fourth-order valence-corrected chi connectivity index (χ4v) is 2.27. The summed E-state index contributed by atoms with van der Waals surface area (Å²) in [4.78, 5) is 7.78. The molecule has 0 amide bonds. The molecule has 1 heterocycles. The first kappa shape index (κ1) is 14.7. The Morgan fingerprint density at radius 1 is 1.18 bits per heavy atom. The largest absolute Gasteiger partial charge is 0.508 e. The zero-order valence-electron chi connectivity index (χ0n) is 11.8. The highest BCUT2D eigenvalue weighted by Gasteiger charge is 2.07. The second-order valence-corrected chi connectivity index (χ2v) is 5.36. The number of aromatic amines is 1. The van der Waals surface area contributed by atoms with Gasteiger partial charge in [0, 0.05) is 17.8 Å². The van der Waals surface area contributed by atoms with Gasteiger partial charge in [0.1, 0.15) is 11.6 Å². The molecule has 0 saturated carbocycles. The van der Waals surface area contributed by atoms with E-state index >= 15 is 0 Å². The summed E-state index contributed by atoms with van der Waals surface area (Å²) in [7, 11) is 0. The molecule has 0 saturated heterocycles. The highest BCUT2D eigenvalue weighted by Crippen LogP contribution is 2.24. The van der Waals surface area contributed by atoms with Crippen molar-refractivity contribution in [2.45, 2.75) is 6.10 Å². The van der Waals surface area contributed by atoms with Gasteiger partial charge in [0.25, 0.3) is 0 Å². The van der Waals surface area contributed by atoms with Crippen LogP contribution < -0.4 is 5.32 Å². The Balaban J connectivity index is 1.85. The van der Waals surface area contributed by atoms with E-state index in [2.05, 4.69) is 15.3 Å². The molecule has 0 radical (unpaired) electrons. The van der Waals surface area contributed by atoms with Gasteiger partial charge < -0.3 is 20.5 Å². The monoisotopic (exact) mass is 317 g/mol. The van der Waals surface area contributed by atoms with Crippen LogP contribution in [0.3, 0.4) is 0 Å². The van der Waals surface area contributed by atoms with Gasteiger partial charge in [-0.3, -0.25) is 0 Å². The van der Waals surface area contributed by atoms with E-state index in [0.29, 0.717) is 6.54 Å². The highest BCUT2D eigenvalue weighted by atomic mass is 35.5. The molecule has 22 heavy (non-hydrogen) atoms. The van der Waals surface area contributed by atoms with Crippen molar-refractivity contribution in [2.24, 2.45) is 0 Å². The maximum absolute atomic E-state index is 9.47. The van der Waals surface area contributed by atoms with E-state index in [1.54, 1.807) is 12.1 Å². The number of phenols is 1. The summed E-state index contributed by atoms with van der Waals surface area (Å²) in [6.07, 6.45) is -0.577. The zero-order chi connectivity index (χ0) is 15.5. The number of aromatic nitrogens is 2. The number of aliphatic hydroxyl groups excluding tert-OH is 1. The molecule has 5 nitrogen and oxygen atoms in total. The van der Waals surface area contributed by atoms with E-state index in [1.807, 2.05) is 30.3 Å². The number of nitrogens with zero attached hydrogens (tertiary/aromatic N) is 1. The van der Waals surface area contributed by atoms with E-state index in [-0.39, 0.29) is 11.6 Å². The molecular formula is C16H16ClN3O2. The number of hydrogen-bond acceptors (Lipinski definition) is 4. The molecule has 1 unspecified atom stereocenters. The third-order valence-electron chi connectivity index (χ3n) is 3.34. The van der Waals surface area contributed by atoms with Crippen molar-refractivity contribution in [1.82, 2.24) is 9.97 Å². The standard InChI is InChI=1S/C16H16ClN3O2/c17-8-13(22)9-18-11-3-6-14-15(7-11)20-16(19-14)10-1-4-12(21)5-2-10/h1-7,13,18,21-22H,8-9H2,(H,19,20). The number of benzene rings is 2. The first-order valence-electron chi connectivity index (χ1n) is 6.93. The lowest BCUT2D eigenvalue weighted by Gasteiger charge is -2.09. The molecule has 3 rings (SSSR count). The topological polar surface area (TPSA) is 81.2 Å². The smallest absolute Gasteiger partial charge is 0.138 e. The SMILES string of the molecule is Oc1ccc(-c2nc3ccc(NCC(O)CCl)cc3[nH]2)cc1. The molecule has 2 aromatic carbocycles. The number of alkyl halides is 1. The van der Waals surface area contributed by atoms with Crippen molar-refractivity contribution in [2.75, 3.05) is 17.7 Å². The molecule has 0 aliphatic carbocycles. The lowest BCUT2D eigenvalue weighted by molar-refractivity contribution is 0.211. The zero-order valence-corrected chi connectivity index (χ0v) is 12.5. The van der Waals surface area contributed by atoms with Crippen LogP contribution >= 0.6 is 11.6 Å². The lowest BCUT2D eigenvalue weighted by atomic mass is 10.2. The Labute approximate surface area is 132 Å². The van der Waals surface area contributed by atoms with Crippen LogP contribution in [0.2, 0.25) is 0 Å². The van der Waals surface area contributed by atoms with Crippen LogP contribution in [0, 0.1) is 0 Å². The van der Waals surface area contributed by atoms with Crippen LogP contribution in [0.5, 0.6) is 5.75 Å². The summed E-state index contributed by atoms with van der Waals surface area (Å²) in [5.74, 6) is 1.17. The molecule has 0 fully saturated rings. The normalized spacial score (nSPS) is 12.5. The van der Waals surface area contributed by atoms with Crippen molar-refractivity contribution in [1.29, 1.82) is 0 Å². The fraction of sp³-hybridized carbons (Fsp3) is 0.188. The number of halogens is 1. The molecule has 1 atom stereocenters. The summed E-state index contributed by atoms with van der Waals surface area (Å²) in [5, 5.41) is 21.9. The average Bonchev–Trinajstić information content (AvgIpc) is 2.96. The van der Waals surface area contributed by atoms with Crippen LogP contribution in [-0.4, -0.2) is 38.7 Å². The first-order valence-corrected chi connectivity index (χ1v) is 7.46. The molecule has 0 bridgehead atoms. The van der Waals surface area contributed by atoms with Gasteiger partial charge in [-0.25, -0.2) is 4.98 Å². The fourth-order valence-electron chi connectivity index (χ4n) is 2.17. The molecule has 0 aliphatic heterocycles. The van der Waals surface area contributed by atoms with Gasteiger partial charge in [0.15, 0.2) is 0 Å². The summed E-state index contributed by atoms with van der Waals surface area (Å²) < 4.78 is 0. The summed E-state index contributed by atoms with van der Waals surface area (Å²) >= 11 is 5.57. The Bertz CT molecular complexity index is 771. The highest BCUT2D eigenvalue weighted by molar-refractivity contribution is 6.18. The van der Waals surface area contributed by atoms with Gasteiger partial charge in [-0.05, 0) is 42.5 Å². The second-order valence-electron chi connectivity index (χ2n) is 5.05. The van der Waals surface area contributed by atoms with Crippen molar-refractivity contribution in [3.8, 4) is 17.1 Å². The van der Waals surface area contributed by atoms with Crippen molar-refractivity contribution < 1.29 is 10.2 Å². The van der Waals surface area contributed by atoms with Crippen molar-refractivity contribution in [3.63, 3.8) is 0 Å². The number of phenolic OH excluding ortho intramolecular Hbond substituents is 1. The van der Waals surface area contributed by atoms with E-state index in [4.69, 9.17) is 11.6 Å². The summed E-state index contributed by atoms with van der Waals surface area (Å²) in [6.45, 7) is 0.397. The van der Waals surface area contributed by atoms with Crippen LogP contribution in [0.15, 0.2) is 42.5 Å². The molecule has 4 N–H and O–H groups in total. The van der Waals surface area contributed by atoms with Crippen LogP contribution in [-0.2, 0) is 0 Å². The number of hydrogen-bond donors (Lipinski definition) is 4. The number of fused-ring (bicyclic) bond motifs is 1. The van der Waals surface area contributed by atoms with Crippen LogP contribution in [0.1, 0.15) is 0 Å². The number of imidazole rings is 1. The number of aromatic hydroxyl groups is 1. The third-order valence-corrected chi connectivity index (χ3v) is 3.70. The maximum Gasteiger partial charge on any atom is 0.138 e. The number of aliphatic hydroxyl groups is 1. The molecule has 114 valence electrons. The average molecular weight is 318 g/mol. The van der Waals surface area contributed by atoms with Gasteiger partial charge in [-0.1, -0.05) is 0 Å². The minimum Gasteiger partial charge on any atom is -0.508 e. The van der Waals surface area contributed by atoms with Crippen molar-refractivity contribution >= 4 is 28.3 Å². The van der Waals surface area contributed by atoms with E-state index in [9.17, 15) is 10.2 Å². The lowest BCUT2D eigenvalue weighted by Crippen LogP contribution is -2.20. The molecular weight excluding hydrogens is 302 g/mol. The predicted molar refractivity (Wildman–Crippen MR) is 88.4 cm³/mol. The minimum absolute atomic E-state index is 0.199. The molecule has 6 heteroatoms. The number of rotatable bonds is 5. The van der Waals surface area contributed by atoms with Gasteiger partial charge in [0.2, 0.25) is 0 Å². The predicted octanol–water partition coefficient (Wildman–Crippen LogP) is 2.95. The molecule has 0 spiro atoms. The summed E-state index contributed by atoms with van der Waals surface area (Å²) in [5.41, 5.74) is 3.54. The molecule has 3 aromatic rings. The Hall–Kier alpha value is -2.24. The molecule has 1 aromatic heterocycles. The number of H-pyrrole nitrogens is 1. The Morgan fingerprint density at radius 2 is 1.95 bits per heavy atom. The Kier molecular flexibility index (Phi) is 4.18. The van der Waals surface area contributed by atoms with Crippen LogP contribution in [0.4, 0.5) is 5.69 Å². The summed E-state index contributed by atoms with van der Waals surface area (Å²) in [6, 6.07) is 12.6. The van der Waals surface area contributed by atoms with Gasteiger partial charge in [-0.2, -0.15) is 0 Å². The van der Waals surface area contributed by atoms with Crippen molar-refractivity contribution in [3.05, 3.63) is 42.5 Å². The first-order chi connectivity index (χ1) is 10.7. The Morgan fingerprint density at radius 3 is 2.68 bits per heavy atom. The van der Waals surface area contributed by atoms with E-state index in [0.717, 1.165) is 28.1 Å². The van der Waals surface area contributed by atoms with Gasteiger partial charge >= 0.3 is 0 Å². The number of nitrogens with one attached hydrogen (secondary N) is 2. The second kappa shape index (κ2) is 6.25. The maximum atomic E-state index is 9.47. The van der Waals surface area contributed by atoms with E-state index in [1.165, 1.54) is 0 Å². The number of anilines is 1. The van der Waals surface area contributed by atoms with E-state index < -0.39 is 6.10 Å². The molecule has 0 aliphatic rings. The third kappa shape index (κ3) is 3.16. The van der Waals surface area contributed by atoms with Crippen LogP contribution in [0.25, 0.3) is 22.4 Å². The van der Waals surface area contributed by atoms with Gasteiger partial charge in [0.05, 0.1) is 23.0 Å². The minimum atomic E-state index is -0.577. The quantitative estimate of drug-likeness (QED) is 0.545.